The molecule has 0 radical (unpaired) electrons. The molecule has 6 nitrogen and oxygen atoms in total. The zero-order valence-electron chi connectivity index (χ0n) is 13.3. The molecule has 1 aliphatic heterocycles. The number of anilines is 1. The van der Waals surface area contributed by atoms with E-state index < -0.39 is 0 Å². The lowest BCUT2D eigenvalue weighted by Crippen LogP contribution is -2.00. The van der Waals surface area contributed by atoms with Crippen molar-refractivity contribution in [2.24, 2.45) is 0 Å². The number of fused-ring (bicyclic) bond motifs is 2. The molecule has 0 aromatic heterocycles. The van der Waals surface area contributed by atoms with Crippen molar-refractivity contribution in [3.8, 4) is 34.1 Å². The van der Waals surface area contributed by atoms with Crippen LogP contribution in [0.15, 0.2) is 51.7 Å². The number of phenols is 2. The van der Waals surface area contributed by atoms with Crippen molar-refractivity contribution in [2.45, 2.75) is 6.92 Å². The molecule has 0 saturated carbocycles. The Morgan fingerprint density at radius 3 is 2.64 bits per heavy atom. The summed E-state index contributed by atoms with van der Waals surface area (Å²) in [6, 6.07) is 10.5. The molecular weight excluding hydrogens is 320 g/mol. The summed E-state index contributed by atoms with van der Waals surface area (Å²) in [6.45, 7) is 1.77. The molecule has 4 N–H and O–H groups in total. The molecule has 124 valence electrons. The van der Waals surface area contributed by atoms with E-state index >= 15 is 0 Å². The van der Waals surface area contributed by atoms with Gasteiger partial charge in [-0.1, -0.05) is 0 Å². The number of hydrogen-bond acceptors (Lipinski definition) is 6. The molecule has 6 heteroatoms. The second kappa shape index (κ2) is 5.24. The summed E-state index contributed by atoms with van der Waals surface area (Å²) in [4.78, 5) is 16.0. The Morgan fingerprint density at radius 1 is 1.08 bits per heavy atom. The normalized spacial score (nSPS) is 11.2. The summed E-state index contributed by atoms with van der Waals surface area (Å²) < 4.78 is 5.73. The van der Waals surface area contributed by atoms with E-state index in [0.29, 0.717) is 44.9 Å². The number of aromatic nitrogens is 1. The van der Waals surface area contributed by atoms with Crippen molar-refractivity contribution in [1.82, 2.24) is 4.98 Å². The lowest BCUT2D eigenvalue weighted by molar-refractivity contribution is 0.451. The monoisotopic (exact) mass is 334 g/mol. The smallest absolute Gasteiger partial charge is 0.182 e. The first-order valence-electron chi connectivity index (χ1n) is 7.59. The molecule has 2 aromatic carbocycles. The minimum absolute atomic E-state index is 0.0225. The summed E-state index contributed by atoms with van der Waals surface area (Å²) in [6.07, 6.45) is 0. The molecular formula is C19H14N2O4. The fourth-order valence-corrected chi connectivity index (χ4v) is 2.99. The van der Waals surface area contributed by atoms with Gasteiger partial charge in [-0.05, 0) is 36.8 Å². The van der Waals surface area contributed by atoms with Gasteiger partial charge in [0.1, 0.15) is 22.7 Å². The summed E-state index contributed by atoms with van der Waals surface area (Å²) in [5.74, 6) is 0.290. The average molecular weight is 334 g/mol. The Balaban J connectivity index is 2.03. The van der Waals surface area contributed by atoms with Crippen LogP contribution in [0.2, 0.25) is 0 Å². The molecule has 4 rings (SSSR count). The van der Waals surface area contributed by atoms with Crippen LogP contribution in [0.3, 0.4) is 0 Å². The van der Waals surface area contributed by atoms with E-state index in [9.17, 15) is 15.0 Å². The molecule has 1 aliphatic carbocycles. The number of rotatable bonds is 1. The van der Waals surface area contributed by atoms with Crippen LogP contribution in [-0.2, 0) is 0 Å². The fraction of sp³-hybridized carbons (Fsp3) is 0.0526. The van der Waals surface area contributed by atoms with Gasteiger partial charge < -0.3 is 20.4 Å². The maximum absolute atomic E-state index is 11.5. The molecule has 0 bridgehead atoms. The minimum atomic E-state index is -0.161. The molecule has 0 fully saturated rings. The Bertz CT molecular complexity index is 1140. The van der Waals surface area contributed by atoms with Crippen LogP contribution >= 0.6 is 0 Å². The van der Waals surface area contributed by atoms with Crippen LogP contribution in [0, 0.1) is 6.92 Å². The second-order valence-corrected chi connectivity index (χ2v) is 5.91. The summed E-state index contributed by atoms with van der Waals surface area (Å²) >= 11 is 0. The summed E-state index contributed by atoms with van der Waals surface area (Å²) in [7, 11) is 0. The van der Waals surface area contributed by atoms with E-state index in [2.05, 4.69) is 4.98 Å². The number of aryl methyl sites for hydroxylation is 1. The first-order valence-corrected chi connectivity index (χ1v) is 7.59. The van der Waals surface area contributed by atoms with E-state index in [1.165, 1.54) is 18.2 Å². The van der Waals surface area contributed by atoms with Crippen molar-refractivity contribution in [3.05, 3.63) is 58.3 Å². The number of benzene rings is 3. The molecule has 0 amide bonds. The van der Waals surface area contributed by atoms with Crippen LogP contribution in [-0.4, -0.2) is 15.2 Å². The highest BCUT2D eigenvalue weighted by molar-refractivity contribution is 5.92. The number of nitrogens with two attached hydrogens (primary N) is 1. The van der Waals surface area contributed by atoms with Gasteiger partial charge in [0.25, 0.3) is 0 Å². The summed E-state index contributed by atoms with van der Waals surface area (Å²) in [5, 5.41) is 19.8. The zero-order chi connectivity index (χ0) is 17.7. The van der Waals surface area contributed by atoms with Gasteiger partial charge in [0, 0.05) is 35.0 Å². The molecule has 0 unspecified atom stereocenters. The van der Waals surface area contributed by atoms with Gasteiger partial charge >= 0.3 is 0 Å². The first-order chi connectivity index (χ1) is 11.9. The first kappa shape index (κ1) is 15.0. The second-order valence-electron chi connectivity index (χ2n) is 5.91. The van der Waals surface area contributed by atoms with Crippen molar-refractivity contribution in [1.29, 1.82) is 0 Å². The van der Waals surface area contributed by atoms with Crippen molar-refractivity contribution < 1.29 is 14.6 Å². The third kappa shape index (κ3) is 2.44. The van der Waals surface area contributed by atoms with Gasteiger partial charge in [-0.25, -0.2) is 4.98 Å². The number of hydrogen-bond donors (Lipinski definition) is 3. The van der Waals surface area contributed by atoms with Gasteiger partial charge in [0.2, 0.25) is 0 Å². The van der Waals surface area contributed by atoms with E-state index in [-0.39, 0.29) is 16.9 Å². The maximum atomic E-state index is 11.5. The highest BCUT2D eigenvalue weighted by Gasteiger charge is 2.16. The maximum Gasteiger partial charge on any atom is 0.182 e. The number of nitrogens with zero attached hydrogens (tertiary/aromatic N) is 1. The molecule has 2 aliphatic rings. The van der Waals surface area contributed by atoms with Crippen LogP contribution in [0.5, 0.6) is 11.5 Å². The van der Waals surface area contributed by atoms with Crippen molar-refractivity contribution in [3.63, 3.8) is 0 Å². The standard InChI is InChI=1S/C19H14N2O4/c1-9-4-11(23)5-16(24)19(9)12-7-15-18(8-13(12)20)25-17-6-10(22)2-3-14(17)21-15/h2-8,23-24H,20H2,1H3. The molecule has 0 saturated heterocycles. The Labute approximate surface area is 142 Å². The minimum Gasteiger partial charge on any atom is -0.508 e. The topological polar surface area (TPSA) is 110 Å². The van der Waals surface area contributed by atoms with E-state index in [1.54, 1.807) is 31.2 Å². The van der Waals surface area contributed by atoms with Crippen LogP contribution in [0.1, 0.15) is 5.56 Å². The predicted molar refractivity (Wildman–Crippen MR) is 94.8 cm³/mol. The molecule has 0 spiro atoms. The average Bonchev–Trinajstić information content (AvgIpc) is 2.52. The van der Waals surface area contributed by atoms with Crippen LogP contribution < -0.4 is 11.2 Å². The number of aromatic hydroxyl groups is 2. The van der Waals surface area contributed by atoms with Gasteiger partial charge in [-0.15, -0.1) is 0 Å². The zero-order valence-corrected chi connectivity index (χ0v) is 13.3. The van der Waals surface area contributed by atoms with Gasteiger partial charge in [0.05, 0.1) is 0 Å². The third-order valence-corrected chi connectivity index (χ3v) is 4.09. The summed E-state index contributed by atoms with van der Waals surface area (Å²) in [5.41, 5.74) is 9.70. The quantitative estimate of drug-likeness (QED) is 0.364. The lowest BCUT2D eigenvalue weighted by atomic mass is 9.97. The van der Waals surface area contributed by atoms with E-state index in [0.717, 1.165) is 0 Å². The molecule has 25 heavy (non-hydrogen) atoms. The largest absolute Gasteiger partial charge is 0.508 e. The van der Waals surface area contributed by atoms with Gasteiger partial charge in [-0.3, -0.25) is 4.79 Å². The molecule has 0 atom stereocenters. The van der Waals surface area contributed by atoms with Gasteiger partial charge in [-0.2, -0.15) is 0 Å². The fourth-order valence-electron chi connectivity index (χ4n) is 2.99. The van der Waals surface area contributed by atoms with Gasteiger partial charge in [0.15, 0.2) is 16.8 Å². The Hall–Kier alpha value is -3.54. The van der Waals surface area contributed by atoms with Crippen molar-refractivity contribution >= 4 is 16.8 Å². The molecule has 1 heterocycles. The number of nitrogen functional groups attached to an aromatic ring is 1. The van der Waals surface area contributed by atoms with Crippen molar-refractivity contribution in [2.75, 3.05) is 5.73 Å². The van der Waals surface area contributed by atoms with E-state index in [1.807, 2.05) is 0 Å². The highest BCUT2D eigenvalue weighted by atomic mass is 16.3. The third-order valence-electron chi connectivity index (χ3n) is 4.09. The van der Waals surface area contributed by atoms with E-state index in [4.69, 9.17) is 10.2 Å². The lowest BCUT2D eigenvalue weighted by Gasteiger charge is -2.13. The highest BCUT2D eigenvalue weighted by Crippen LogP contribution is 2.40. The van der Waals surface area contributed by atoms with Crippen LogP contribution in [0.25, 0.3) is 33.7 Å². The van der Waals surface area contributed by atoms with Crippen LogP contribution in [0.4, 0.5) is 5.69 Å². The Morgan fingerprint density at radius 2 is 1.88 bits per heavy atom. The predicted octanol–water partition coefficient (Wildman–Crippen LogP) is 3.26. The SMILES string of the molecule is Cc1cc(O)cc(O)c1-c1cc2nc3ccc(=O)cc-3oc2cc1N. The number of phenolic OH excluding ortho intramolecular Hbond substituents is 2. The molecule has 2 aromatic rings. The Kier molecular flexibility index (Phi) is 3.15.